The Balaban J connectivity index is 2.42. The number of aromatic nitrogens is 3. The molecule has 0 aliphatic carbocycles. The van der Waals surface area contributed by atoms with Crippen molar-refractivity contribution in [3.05, 3.63) is 32.8 Å². The van der Waals surface area contributed by atoms with Gasteiger partial charge in [-0.2, -0.15) is 8.42 Å². The maximum atomic E-state index is 12.2. The second-order valence-electron chi connectivity index (χ2n) is 3.54. The number of hydrogen-bond acceptors (Lipinski definition) is 4. The van der Waals surface area contributed by atoms with E-state index in [4.69, 9.17) is 23.2 Å². The molecule has 0 amide bonds. The summed E-state index contributed by atoms with van der Waals surface area (Å²) in [6.45, 7) is 0. The number of aryl methyl sites for hydroxylation is 1. The van der Waals surface area contributed by atoms with E-state index in [-0.39, 0.29) is 20.3 Å². The highest BCUT2D eigenvalue weighted by Gasteiger charge is 2.24. The van der Waals surface area contributed by atoms with E-state index in [0.717, 1.165) is 4.68 Å². The van der Waals surface area contributed by atoms with E-state index in [1.54, 1.807) is 0 Å². The van der Waals surface area contributed by atoms with Gasteiger partial charge in [-0.3, -0.25) is 4.72 Å². The molecule has 19 heavy (non-hydrogen) atoms. The van der Waals surface area contributed by atoms with Crippen LogP contribution in [0.1, 0.15) is 0 Å². The van der Waals surface area contributed by atoms with Crippen LogP contribution in [0.3, 0.4) is 0 Å². The lowest BCUT2D eigenvalue weighted by molar-refractivity contribution is 0.578. The number of hydrogen-bond donors (Lipinski definition) is 1. The maximum Gasteiger partial charge on any atom is 0.281 e. The summed E-state index contributed by atoms with van der Waals surface area (Å²) in [4.78, 5) is 0. The average Bonchev–Trinajstić information content (AvgIpc) is 2.63. The second kappa shape index (κ2) is 5.28. The van der Waals surface area contributed by atoms with Crippen LogP contribution >= 0.6 is 39.1 Å². The summed E-state index contributed by atoms with van der Waals surface area (Å²) < 4.78 is 28.0. The van der Waals surface area contributed by atoms with Crippen molar-refractivity contribution in [2.24, 2.45) is 7.05 Å². The van der Waals surface area contributed by atoms with Crippen LogP contribution in [0.2, 0.25) is 10.0 Å². The molecule has 2 aromatic rings. The Kier molecular flexibility index (Phi) is 4.05. The van der Waals surface area contributed by atoms with Crippen LogP contribution in [-0.2, 0) is 17.1 Å². The first-order valence-corrected chi connectivity index (χ1v) is 7.87. The molecule has 0 bridgehead atoms. The highest BCUT2D eigenvalue weighted by molar-refractivity contribution is 9.10. The van der Waals surface area contributed by atoms with Crippen LogP contribution in [0, 0.1) is 0 Å². The molecule has 10 heteroatoms. The van der Waals surface area contributed by atoms with Gasteiger partial charge in [0.15, 0.2) is 4.60 Å². The number of anilines is 1. The molecular weight excluding hydrogens is 379 g/mol. The summed E-state index contributed by atoms with van der Waals surface area (Å²) in [7, 11) is -2.39. The van der Waals surface area contributed by atoms with E-state index < -0.39 is 10.0 Å². The van der Waals surface area contributed by atoms with Crippen molar-refractivity contribution in [1.29, 1.82) is 0 Å². The third kappa shape index (κ3) is 3.02. The van der Waals surface area contributed by atoms with Gasteiger partial charge in [0.25, 0.3) is 10.0 Å². The monoisotopic (exact) mass is 384 g/mol. The Morgan fingerprint density at radius 1 is 1.37 bits per heavy atom. The molecule has 0 aliphatic heterocycles. The smallest absolute Gasteiger partial charge is 0.277 e. The quantitative estimate of drug-likeness (QED) is 0.880. The molecular formula is C9H7BrCl2N4O2S. The summed E-state index contributed by atoms with van der Waals surface area (Å²) in [5.41, 5.74) is 0.221. The lowest BCUT2D eigenvalue weighted by atomic mass is 10.3. The molecule has 0 unspecified atom stereocenters. The minimum Gasteiger partial charge on any atom is -0.277 e. The van der Waals surface area contributed by atoms with Crippen LogP contribution in [0.15, 0.2) is 27.8 Å². The Morgan fingerprint density at radius 3 is 2.58 bits per heavy atom. The van der Waals surface area contributed by atoms with Gasteiger partial charge >= 0.3 is 0 Å². The fourth-order valence-corrected chi connectivity index (χ4v) is 4.06. The molecule has 1 N–H and O–H groups in total. The number of benzene rings is 1. The molecule has 1 aromatic heterocycles. The van der Waals surface area contributed by atoms with Gasteiger partial charge in [-0.25, -0.2) is 4.68 Å². The molecule has 2 rings (SSSR count). The Hall–Kier alpha value is -0.830. The first-order valence-electron chi connectivity index (χ1n) is 4.84. The normalized spacial score (nSPS) is 11.6. The number of nitrogens with zero attached hydrogens (tertiary/aromatic N) is 3. The van der Waals surface area contributed by atoms with Gasteiger partial charge in [0.1, 0.15) is 0 Å². The lowest BCUT2D eigenvalue weighted by Crippen LogP contribution is -2.17. The van der Waals surface area contributed by atoms with Gasteiger partial charge in [-0.05, 0) is 34.1 Å². The standard InChI is InChI=1S/C9H7BrCl2N4O2S/c1-16-9(8(10)13-15-16)19(17,18)14-7-3-2-5(11)4-6(7)12/h2-4,14H,1H3. The van der Waals surface area contributed by atoms with Gasteiger partial charge in [-0.1, -0.05) is 28.4 Å². The van der Waals surface area contributed by atoms with E-state index in [1.807, 2.05) is 0 Å². The highest BCUT2D eigenvalue weighted by atomic mass is 79.9. The van der Waals surface area contributed by atoms with E-state index in [1.165, 1.54) is 25.2 Å². The van der Waals surface area contributed by atoms with Crippen LogP contribution < -0.4 is 4.72 Å². The zero-order valence-electron chi connectivity index (χ0n) is 9.43. The molecule has 0 radical (unpaired) electrons. The SMILES string of the molecule is Cn1nnc(Br)c1S(=O)(=O)Nc1ccc(Cl)cc1Cl. The maximum absolute atomic E-state index is 12.2. The number of halogens is 3. The van der Waals surface area contributed by atoms with Crippen molar-refractivity contribution < 1.29 is 8.42 Å². The summed E-state index contributed by atoms with van der Waals surface area (Å²) in [5.74, 6) is 0. The summed E-state index contributed by atoms with van der Waals surface area (Å²) >= 11 is 14.7. The number of sulfonamides is 1. The van der Waals surface area contributed by atoms with E-state index in [2.05, 4.69) is 31.0 Å². The van der Waals surface area contributed by atoms with E-state index >= 15 is 0 Å². The van der Waals surface area contributed by atoms with Crippen molar-refractivity contribution in [2.75, 3.05) is 4.72 Å². The molecule has 0 fully saturated rings. The topological polar surface area (TPSA) is 76.9 Å². The van der Waals surface area contributed by atoms with Gasteiger partial charge in [0.2, 0.25) is 5.03 Å². The highest BCUT2D eigenvalue weighted by Crippen LogP contribution is 2.28. The first-order chi connectivity index (χ1) is 8.81. The summed E-state index contributed by atoms with van der Waals surface area (Å²) in [6, 6.07) is 4.44. The zero-order valence-corrected chi connectivity index (χ0v) is 13.3. The molecule has 0 saturated heterocycles. The van der Waals surface area contributed by atoms with Gasteiger partial charge in [0.05, 0.1) is 10.7 Å². The lowest BCUT2D eigenvalue weighted by Gasteiger charge is -2.09. The fraction of sp³-hybridized carbons (Fsp3) is 0.111. The number of rotatable bonds is 3. The Bertz CT molecular complexity index is 712. The van der Waals surface area contributed by atoms with Gasteiger partial charge in [0, 0.05) is 12.1 Å². The Morgan fingerprint density at radius 2 is 2.05 bits per heavy atom. The summed E-state index contributed by atoms with van der Waals surface area (Å²) in [6.07, 6.45) is 0. The predicted octanol–water partition coefficient (Wildman–Crippen LogP) is 2.69. The van der Waals surface area contributed by atoms with Crippen molar-refractivity contribution in [3.8, 4) is 0 Å². The second-order valence-corrected chi connectivity index (χ2v) is 6.73. The first kappa shape index (κ1) is 14.6. The molecule has 0 atom stereocenters. The predicted molar refractivity (Wildman–Crippen MR) is 76.0 cm³/mol. The Labute approximate surface area is 127 Å². The van der Waals surface area contributed by atoms with Crippen LogP contribution in [0.5, 0.6) is 0 Å². The van der Waals surface area contributed by atoms with Gasteiger partial charge < -0.3 is 0 Å². The molecule has 102 valence electrons. The molecule has 6 nitrogen and oxygen atoms in total. The van der Waals surface area contributed by atoms with E-state index in [9.17, 15) is 8.42 Å². The minimum absolute atomic E-state index is 0.0986. The largest absolute Gasteiger partial charge is 0.281 e. The molecule has 0 aliphatic rings. The number of nitrogens with one attached hydrogen (secondary N) is 1. The minimum atomic E-state index is -3.85. The van der Waals surface area contributed by atoms with Crippen LogP contribution in [-0.4, -0.2) is 23.4 Å². The van der Waals surface area contributed by atoms with Crippen molar-refractivity contribution in [2.45, 2.75) is 5.03 Å². The van der Waals surface area contributed by atoms with Crippen LogP contribution in [0.4, 0.5) is 5.69 Å². The third-order valence-electron chi connectivity index (χ3n) is 2.17. The van der Waals surface area contributed by atoms with Crippen molar-refractivity contribution in [1.82, 2.24) is 15.0 Å². The van der Waals surface area contributed by atoms with Gasteiger partial charge in [-0.15, -0.1) is 5.10 Å². The summed E-state index contributed by atoms with van der Waals surface area (Å²) in [5, 5.41) is 7.74. The molecule has 1 heterocycles. The van der Waals surface area contributed by atoms with E-state index in [0.29, 0.717) is 5.02 Å². The van der Waals surface area contributed by atoms with Crippen LogP contribution in [0.25, 0.3) is 0 Å². The van der Waals surface area contributed by atoms with Crippen molar-refractivity contribution in [3.63, 3.8) is 0 Å². The third-order valence-corrected chi connectivity index (χ3v) is 4.97. The molecule has 1 aromatic carbocycles. The zero-order chi connectivity index (χ0) is 14.2. The fourth-order valence-electron chi connectivity index (χ4n) is 1.37. The molecule has 0 spiro atoms. The van der Waals surface area contributed by atoms with Crippen molar-refractivity contribution >= 4 is 54.8 Å². The molecule has 0 saturated carbocycles. The average molecular weight is 386 g/mol.